The van der Waals surface area contributed by atoms with Crippen molar-refractivity contribution >= 4 is 23.1 Å². The lowest BCUT2D eigenvalue weighted by atomic mass is 10.1. The SMILES string of the molecule is CCc1nc2nc(C3=CCOCC3)[nH]n2c(=O)c1N1C[C@@H](C)N(C(=O)OC(C)(C)C)C[C@@H]1C. The molecule has 2 aromatic heterocycles. The number of fused-ring (bicyclic) bond motifs is 1. The van der Waals surface area contributed by atoms with E-state index in [9.17, 15) is 9.59 Å². The monoisotopic (exact) mass is 458 g/mol. The number of H-pyrrole nitrogens is 1. The Balaban J connectivity index is 1.67. The lowest BCUT2D eigenvalue weighted by molar-refractivity contribution is 0.0130. The summed E-state index contributed by atoms with van der Waals surface area (Å²) in [7, 11) is 0. The highest BCUT2D eigenvalue weighted by molar-refractivity contribution is 5.69. The maximum absolute atomic E-state index is 13.6. The number of carbonyl (C=O) groups excluding carboxylic acids is 1. The Labute approximate surface area is 193 Å². The van der Waals surface area contributed by atoms with Crippen LogP contribution in [-0.2, 0) is 15.9 Å². The molecule has 4 heterocycles. The second kappa shape index (κ2) is 8.81. The molecule has 1 saturated heterocycles. The van der Waals surface area contributed by atoms with Crippen molar-refractivity contribution in [2.24, 2.45) is 0 Å². The van der Waals surface area contributed by atoms with E-state index in [1.807, 2.05) is 47.6 Å². The van der Waals surface area contributed by atoms with Crippen molar-refractivity contribution in [3.63, 3.8) is 0 Å². The highest BCUT2D eigenvalue weighted by atomic mass is 16.6. The second-order valence-corrected chi connectivity index (χ2v) is 9.81. The van der Waals surface area contributed by atoms with E-state index in [1.54, 1.807) is 4.90 Å². The first-order valence-electron chi connectivity index (χ1n) is 11.6. The molecule has 1 N–H and O–H groups in total. The molecule has 180 valence electrons. The largest absolute Gasteiger partial charge is 0.444 e. The summed E-state index contributed by atoms with van der Waals surface area (Å²) in [6.45, 7) is 13.7. The Hall–Kier alpha value is -2.88. The number of ether oxygens (including phenoxy) is 2. The molecule has 0 spiro atoms. The first-order chi connectivity index (χ1) is 15.6. The smallest absolute Gasteiger partial charge is 0.410 e. The molecule has 0 aliphatic carbocycles. The van der Waals surface area contributed by atoms with Gasteiger partial charge in [-0.25, -0.2) is 9.78 Å². The zero-order valence-corrected chi connectivity index (χ0v) is 20.3. The van der Waals surface area contributed by atoms with Crippen molar-refractivity contribution in [2.75, 3.05) is 31.2 Å². The van der Waals surface area contributed by atoms with E-state index in [0.29, 0.717) is 55.7 Å². The van der Waals surface area contributed by atoms with Crippen molar-refractivity contribution in [2.45, 2.75) is 72.1 Å². The molecule has 2 aromatic rings. The lowest BCUT2D eigenvalue weighted by Crippen LogP contribution is -2.60. The van der Waals surface area contributed by atoms with Crippen molar-refractivity contribution in [1.82, 2.24) is 24.5 Å². The number of aromatic amines is 1. The molecule has 2 aliphatic heterocycles. The minimum Gasteiger partial charge on any atom is -0.444 e. The molecule has 0 unspecified atom stereocenters. The molecule has 33 heavy (non-hydrogen) atoms. The van der Waals surface area contributed by atoms with E-state index in [4.69, 9.17) is 14.5 Å². The second-order valence-electron chi connectivity index (χ2n) is 9.81. The van der Waals surface area contributed by atoms with Crippen LogP contribution < -0.4 is 10.5 Å². The first-order valence-corrected chi connectivity index (χ1v) is 11.6. The molecule has 0 radical (unpaired) electrons. The fraction of sp³-hybridized carbons (Fsp3) is 0.652. The Morgan fingerprint density at radius 2 is 2.00 bits per heavy atom. The predicted molar refractivity (Wildman–Crippen MR) is 126 cm³/mol. The maximum atomic E-state index is 13.6. The molecule has 4 rings (SSSR count). The minimum absolute atomic E-state index is 0.0767. The zero-order valence-electron chi connectivity index (χ0n) is 20.3. The summed E-state index contributed by atoms with van der Waals surface area (Å²) in [6.07, 6.45) is 3.00. The van der Waals surface area contributed by atoms with Crippen molar-refractivity contribution < 1.29 is 14.3 Å². The number of carbonyl (C=O) groups is 1. The molecule has 0 bridgehead atoms. The summed E-state index contributed by atoms with van der Waals surface area (Å²) >= 11 is 0. The molecule has 2 atom stereocenters. The van der Waals surface area contributed by atoms with Crippen molar-refractivity contribution in [1.29, 1.82) is 0 Å². The van der Waals surface area contributed by atoms with Gasteiger partial charge in [0.1, 0.15) is 11.3 Å². The van der Waals surface area contributed by atoms with E-state index >= 15 is 0 Å². The molecular weight excluding hydrogens is 424 g/mol. The lowest BCUT2D eigenvalue weighted by Gasteiger charge is -2.45. The van der Waals surface area contributed by atoms with Gasteiger partial charge < -0.3 is 19.3 Å². The van der Waals surface area contributed by atoms with Crippen LogP contribution in [-0.4, -0.2) is 74.6 Å². The fourth-order valence-electron chi connectivity index (χ4n) is 4.38. The number of aryl methyl sites for hydroxylation is 1. The third-order valence-corrected chi connectivity index (χ3v) is 6.05. The summed E-state index contributed by atoms with van der Waals surface area (Å²) < 4.78 is 12.4. The van der Waals surface area contributed by atoms with Gasteiger partial charge in [0.25, 0.3) is 11.3 Å². The summed E-state index contributed by atoms with van der Waals surface area (Å²) in [5.74, 6) is 1.02. The highest BCUT2D eigenvalue weighted by Crippen LogP contribution is 2.26. The van der Waals surface area contributed by atoms with Gasteiger partial charge in [-0.15, -0.1) is 0 Å². The van der Waals surface area contributed by atoms with Crippen LogP contribution in [0.15, 0.2) is 10.9 Å². The van der Waals surface area contributed by atoms with Crippen LogP contribution in [0, 0.1) is 0 Å². The van der Waals surface area contributed by atoms with E-state index in [2.05, 4.69) is 15.0 Å². The van der Waals surface area contributed by atoms with E-state index in [-0.39, 0.29) is 23.7 Å². The first kappa shape index (κ1) is 23.3. The van der Waals surface area contributed by atoms with Gasteiger partial charge in [0.2, 0.25) is 0 Å². The van der Waals surface area contributed by atoms with Gasteiger partial charge in [-0.2, -0.15) is 9.50 Å². The Kier molecular flexibility index (Phi) is 6.22. The normalized spacial score (nSPS) is 21.9. The Morgan fingerprint density at radius 1 is 1.24 bits per heavy atom. The van der Waals surface area contributed by atoms with Crippen LogP contribution >= 0.6 is 0 Å². The van der Waals surface area contributed by atoms with E-state index < -0.39 is 5.60 Å². The van der Waals surface area contributed by atoms with Crippen LogP contribution in [0.2, 0.25) is 0 Å². The van der Waals surface area contributed by atoms with Gasteiger partial charge in [0.05, 0.1) is 18.9 Å². The number of nitrogens with one attached hydrogen (secondary N) is 1. The molecule has 0 saturated carbocycles. The summed E-state index contributed by atoms with van der Waals surface area (Å²) in [4.78, 5) is 39.4. The van der Waals surface area contributed by atoms with Gasteiger partial charge in [-0.05, 0) is 53.0 Å². The molecular formula is C23H34N6O4. The quantitative estimate of drug-likeness (QED) is 0.754. The van der Waals surface area contributed by atoms with Gasteiger partial charge in [0.15, 0.2) is 5.82 Å². The number of hydrogen-bond donors (Lipinski definition) is 1. The number of hydrogen-bond acceptors (Lipinski definition) is 7. The van der Waals surface area contributed by atoms with Gasteiger partial charge in [-0.1, -0.05) is 13.0 Å². The number of rotatable bonds is 3. The highest BCUT2D eigenvalue weighted by Gasteiger charge is 2.36. The van der Waals surface area contributed by atoms with Gasteiger partial charge in [-0.3, -0.25) is 9.89 Å². The van der Waals surface area contributed by atoms with Crippen LogP contribution in [0.1, 0.15) is 59.5 Å². The Bertz CT molecular complexity index is 1130. The maximum Gasteiger partial charge on any atom is 0.410 e. The molecule has 1 amide bonds. The van der Waals surface area contributed by atoms with Crippen molar-refractivity contribution in [3.8, 4) is 0 Å². The standard InChI is InChI=1S/C23H34N6O4/c1-7-17-18(27-12-15(3)28(13-14(27)2)22(31)33-23(4,5)6)20(30)29-21(24-17)25-19(26-29)16-8-10-32-11-9-16/h8,14-15H,7,9-13H2,1-6H3,(H,24,25,26)/t14-,15+/m0/s1. The third-order valence-electron chi connectivity index (χ3n) is 6.05. The average Bonchev–Trinajstić information content (AvgIpc) is 3.19. The van der Waals surface area contributed by atoms with Gasteiger partial charge >= 0.3 is 6.09 Å². The zero-order chi connectivity index (χ0) is 23.9. The van der Waals surface area contributed by atoms with Gasteiger partial charge in [0, 0.05) is 25.2 Å². The van der Waals surface area contributed by atoms with Crippen molar-refractivity contribution in [3.05, 3.63) is 27.9 Å². The molecule has 10 nitrogen and oxygen atoms in total. The molecule has 0 aromatic carbocycles. The fourth-order valence-corrected chi connectivity index (χ4v) is 4.38. The summed E-state index contributed by atoms with van der Waals surface area (Å²) in [5.41, 5.74) is 1.57. The molecule has 1 fully saturated rings. The topological polar surface area (TPSA) is 105 Å². The summed E-state index contributed by atoms with van der Waals surface area (Å²) in [6, 6.07) is -0.197. The van der Waals surface area contributed by atoms with Crippen LogP contribution in [0.4, 0.5) is 10.5 Å². The third kappa shape index (κ3) is 4.62. The average molecular weight is 459 g/mol. The number of anilines is 1. The Morgan fingerprint density at radius 3 is 2.64 bits per heavy atom. The van der Waals surface area contributed by atoms with Crippen LogP contribution in [0.3, 0.4) is 0 Å². The van der Waals surface area contributed by atoms with Crippen LogP contribution in [0.5, 0.6) is 0 Å². The predicted octanol–water partition coefficient (Wildman–Crippen LogP) is 2.62. The summed E-state index contributed by atoms with van der Waals surface area (Å²) in [5, 5.41) is 3.14. The molecule has 10 heteroatoms. The minimum atomic E-state index is -0.557. The van der Waals surface area contributed by atoms with E-state index in [1.165, 1.54) is 4.52 Å². The number of nitrogens with zero attached hydrogens (tertiary/aromatic N) is 5. The number of piperazine rings is 1. The molecule has 2 aliphatic rings. The number of amides is 1. The number of aromatic nitrogens is 4. The van der Waals surface area contributed by atoms with Crippen LogP contribution in [0.25, 0.3) is 11.4 Å². The van der Waals surface area contributed by atoms with E-state index in [0.717, 1.165) is 12.0 Å².